The van der Waals surface area contributed by atoms with E-state index in [4.69, 9.17) is 11.5 Å². The summed E-state index contributed by atoms with van der Waals surface area (Å²) < 4.78 is 50.3. The average Bonchev–Trinajstić information content (AvgIpc) is 1.69. The number of rotatable bonds is 15. The zero-order chi connectivity index (χ0) is 74.6. The molecule has 564 valence electrons. The first-order valence-electron chi connectivity index (χ1n) is 37.4. The van der Waals surface area contributed by atoms with Crippen molar-refractivity contribution in [3.63, 3.8) is 0 Å². The number of amides is 3. The first-order valence-corrected chi connectivity index (χ1v) is 41.1. The van der Waals surface area contributed by atoms with Crippen LogP contribution in [-0.4, -0.2) is 213 Å². The summed E-state index contributed by atoms with van der Waals surface area (Å²) in [4.78, 5) is 57.6. The van der Waals surface area contributed by atoms with Crippen LogP contribution in [0.3, 0.4) is 0 Å². The van der Waals surface area contributed by atoms with Gasteiger partial charge in [-0.25, -0.2) is 21.1 Å². The van der Waals surface area contributed by atoms with Gasteiger partial charge in [0.1, 0.15) is 0 Å². The molecule has 3 amide bonds. The summed E-state index contributed by atoms with van der Waals surface area (Å²) in [5, 5.41) is 16.3. The van der Waals surface area contributed by atoms with E-state index in [0.717, 1.165) is 121 Å². The summed E-state index contributed by atoms with van der Waals surface area (Å²) in [5.74, 6) is 1.87. The first kappa shape index (κ1) is 77.9. The van der Waals surface area contributed by atoms with Crippen LogP contribution in [0.5, 0.6) is 0 Å². The molecule has 6 atom stereocenters. The molecule has 0 aliphatic carbocycles. The molecule has 0 bridgehead atoms. The minimum Gasteiger partial charge on any atom is -0.361 e. The summed E-state index contributed by atoms with van der Waals surface area (Å²) in [5.41, 5.74) is 24.3. The number of nitrogens with zero attached hydrogens (tertiary/aromatic N) is 5. The Balaban J connectivity index is 0.000000131. The molecule has 6 unspecified atom stereocenters. The highest BCUT2D eigenvalue weighted by Gasteiger charge is 2.41. The topological polar surface area (TPSA) is 303 Å². The lowest BCUT2D eigenvalue weighted by Crippen LogP contribution is -2.48. The third-order valence-electron chi connectivity index (χ3n) is 23.2. The second-order valence-corrected chi connectivity index (χ2v) is 33.5. The molecule has 0 spiro atoms. The van der Waals surface area contributed by atoms with Gasteiger partial charge >= 0.3 is 0 Å². The number of aromatic amines is 5. The van der Waals surface area contributed by atoms with Crippen LogP contribution in [0.15, 0.2) is 152 Å². The van der Waals surface area contributed by atoms with E-state index in [-0.39, 0.29) is 40.6 Å². The predicted octanol–water partition coefficient (Wildman–Crippen LogP) is 10.3. The molecule has 12 N–H and O–H groups in total. The van der Waals surface area contributed by atoms with Crippen molar-refractivity contribution in [1.29, 1.82) is 0 Å². The molecule has 5 aromatic heterocycles. The van der Waals surface area contributed by atoms with Gasteiger partial charge in [-0.15, -0.1) is 0 Å². The fraction of sp³-hybridized carbons (Fsp3) is 0.469. The number of para-hydroxylation sites is 5. The van der Waals surface area contributed by atoms with Crippen LogP contribution in [-0.2, 0) is 45.3 Å². The number of carbonyl (C=O) groups is 3. The van der Waals surface area contributed by atoms with Gasteiger partial charge in [0.2, 0.25) is 37.8 Å². The van der Waals surface area contributed by atoms with Crippen molar-refractivity contribution in [3.05, 3.63) is 180 Å². The molecule has 22 nitrogen and oxygen atoms in total. The van der Waals surface area contributed by atoms with Crippen LogP contribution in [0.4, 0.5) is 0 Å². The molecule has 10 aromatic rings. The lowest BCUT2D eigenvalue weighted by atomic mass is 9.72. The van der Waals surface area contributed by atoms with Gasteiger partial charge in [0.25, 0.3) is 0 Å². The summed E-state index contributed by atoms with van der Waals surface area (Å²) in [6.07, 6.45) is 22.5. The van der Waals surface area contributed by atoms with Gasteiger partial charge in [-0.1, -0.05) is 91.0 Å². The highest BCUT2D eigenvalue weighted by atomic mass is 32.2. The van der Waals surface area contributed by atoms with E-state index in [2.05, 4.69) is 169 Å². The number of nitrogens with two attached hydrogens (primary N) is 2. The van der Waals surface area contributed by atoms with Crippen molar-refractivity contribution in [2.75, 3.05) is 112 Å². The van der Waals surface area contributed by atoms with Crippen molar-refractivity contribution in [2.24, 2.45) is 11.5 Å². The number of carbonyl (C=O) groups excluding carboxylic acids is 3. The fourth-order valence-electron chi connectivity index (χ4n) is 17.7. The standard InChI is InChI=1S/2C17H23N3O.C16H23N3O2S.C16H21N3O.C15H21N3O2S/c1-13(21)20-9-7-17(8-10-20,12-18-2)15-11-19-16-6-4-3-5-14(15)16;1-12(21)20-8-7-13(9-14(20)10-18-2)16-11-19-17-6-4-3-5-15(16)17;1-17-12-16(7-9-19(10-8-16)22(2,20)21)14-11-18-15-6-4-3-5-13(14)15;1-11(20)19-7-6-12(8-13(19)9-17)15-10-18-16-5-3-2-4-14(15)16;1-21(19,20)18-7-6-11(8-12(18)9-16)14-10-17-15-5-3-2-4-13(14)15/h3-6,11,18-19H,7-10,12H2,1-2H3;3-6,11,13-14,18-19H,7-10H2,1-2H3;3-6,11,17-18H,7-10,12H2,1-2H3;2-5,10,12-13,18H,6-9,17H2,1H3;2-5,10-12,17H,6-9,16H2,1H3. The van der Waals surface area contributed by atoms with Gasteiger partial charge in [0, 0.05) is 214 Å². The molecular formula is C81H111N15O7S2. The largest absolute Gasteiger partial charge is 0.361 e. The van der Waals surface area contributed by atoms with Crippen LogP contribution in [0.2, 0.25) is 0 Å². The number of hydrogen-bond acceptors (Lipinski definition) is 12. The van der Waals surface area contributed by atoms with Crippen LogP contribution in [0.1, 0.15) is 131 Å². The van der Waals surface area contributed by atoms with Crippen LogP contribution < -0.4 is 27.4 Å². The Hall–Kier alpha value is -8.17. The molecule has 10 heterocycles. The number of likely N-dealkylation sites (N-methyl/N-ethyl adjacent to an activating group) is 3. The Morgan fingerprint density at radius 2 is 0.771 bits per heavy atom. The number of benzene rings is 5. The zero-order valence-corrected chi connectivity index (χ0v) is 64.2. The number of aromatic nitrogens is 5. The van der Waals surface area contributed by atoms with E-state index in [1.165, 1.54) is 83.8 Å². The third kappa shape index (κ3) is 17.8. The van der Waals surface area contributed by atoms with Crippen molar-refractivity contribution in [2.45, 2.75) is 132 Å². The van der Waals surface area contributed by atoms with Crippen molar-refractivity contribution >= 4 is 92.3 Å². The van der Waals surface area contributed by atoms with Crippen molar-refractivity contribution in [1.82, 2.24) is 64.2 Å². The van der Waals surface area contributed by atoms with Gasteiger partial charge < -0.3 is 67.0 Å². The molecule has 0 radical (unpaired) electrons. The Labute approximate surface area is 619 Å². The monoisotopic (exact) mass is 1470 g/mol. The van der Waals surface area contributed by atoms with Gasteiger partial charge in [-0.3, -0.25) is 14.4 Å². The maximum atomic E-state index is 11.8. The Morgan fingerprint density at radius 1 is 0.429 bits per heavy atom. The van der Waals surface area contributed by atoms with Gasteiger partial charge in [0.15, 0.2) is 0 Å². The van der Waals surface area contributed by atoms with Gasteiger partial charge in [-0.2, -0.15) is 4.31 Å². The molecule has 24 heteroatoms. The Bertz CT molecular complexity index is 4770. The van der Waals surface area contributed by atoms with Crippen LogP contribution >= 0.6 is 0 Å². The van der Waals surface area contributed by atoms with E-state index in [1.54, 1.807) is 29.4 Å². The summed E-state index contributed by atoms with van der Waals surface area (Å²) in [6, 6.07) is 42.2. The number of sulfonamides is 2. The van der Waals surface area contributed by atoms with Crippen LogP contribution in [0.25, 0.3) is 54.5 Å². The highest BCUT2D eigenvalue weighted by Crippen LogP contribution is 2.43. The lowest BCUT2D eigenvalue weighted by molar-refractivity contribution is -0.133. The van der Waals surface area contributed by atoms with Gasteiger partial charge in [-0.05, 0) is 161 Å². The molecule has 5 aliphatic heterocycles. The SMILES string of the molecule is CC(=O)N1CCC(c2c[nH]c3ccccc23)CC1CN.CNCC1(c2c[nH]c3ccccc23)CCN(C(C)=O)CC1.CNCC1(c2c[nH]c3ccccc23)CCN(S(C)(=O)=O)CC1.CNCC1CC(c2c[nH]c3ccccc23)CCN1C(C)=O.CS(=O)(=O)N1CCC(c2c[nH]c3ccccc23)CC1CN. The first-order chi connectivity index (χ1) is 50.5. The Morgan fingerprint density at radius 3 is 1.13 bits per heavy atom. The van der Waals surface area contributed by atoms with E-state index in [1.807, 2.05) is 60.1 Å². The Kier molecular flexibility index (Phi) is 25.7. The van der Waals surface area contributed by atoms with Crippen molar-refractivity contribution < 1.29 is 31.2 Å². The normalized spacial score (nSPS) is 21.6. The minimum absolute atomic E-state index is 0.0183. The number of H-pyrrole nitrogens is 5. The smallest absolute Gasteiger partial charge is 0.219 e. The maximum absolute atomic E-state index is 11.8. The number of hydrogen-bond donors (Lipinski definition) is 10. The summed E-state index contributed by atoms with van der Waals surface area (Å²) in [6.45, 7) is 13.6. The van der Waals surface area contributed by atoms with E-state index in [9.17, 15) is 31.2 Å². The fourth-order valence-corrected chi connectivity index (χ4v) is 19.7. The molecule has 5 aliphatic rings. The minimum atomic E-state index is -3.18. The highest BCUT2D eigenvalue weighted by molar-refractivity contribution is 7.88. The third-order valence-corrected chi connectivity index (χ3v) is 25.8. The summed E-state index contributed by atoms with van der Waals surface area (Å²) >= 11 is 0. The molecule has 15 rings (SSSR count). The molecule has 5 aromatic carbocycles. The quantitative estimate of drug-likeness (QED) is 0.0458. The lowest BCUT2D eigenvalue weighted by Gasteiger charge is -2.41. The second kappa shape index (κ2) is 34.6. The van der Waals surface area contributed by atoms with E-state index < -0.39 is 20.0 Å². The zero-order valence-electron chi connectivity index (χ0n) is 62.5. The van der Waals surface area contributed by atoms with E-state index >= 15 is 0 Å². The second-order valence-electron chi connectivity index (χ2n) is 29.6. The molecule has 5 saturated heterocycles. The van der Waals surface area contributed by atoms with Gasteiger partial charge in [0.05, 0.1) is 12.5 Å². The average molecular weight is 1470 g/mol. The molecule has 5 fully saturated rings. The molecule has 105 heavy (non-hydrogen) atoms. The maximum Gasteiger partial charge on any atom is 0.219 e. The van der Waals surface area contributed by atoms with Crippen molar-refractivity contribution in [3.8, 4) is 0 Å². The number of likely N-dealkylation sites (tertiary alicyclic amines) is 3. The van der Waals surface area contributed by atoms with Crippen LogP contribution in [0, 0.1) is 0 Å². The number of nitrogens with one attached hydrogen (secondary N) is 8. The number of fused-ring (bicyclic) bond motifs is 5. The molecule has 0 saturated carbocycles. The number of piperidine rings is 5. The molecular weight excluding hydrogens is 1360 g/mol. The summed E-state index contributed by atoms with van der Waals surface area (Å²) in [7, 11) is -0.356. The predicted molar refractivity (Wildman–Crippen MR) is 425 cm³/mol. The van der Waals surface area contributed by atoms with E-state index in [0.29, 0.717) is 56.5 Å².